The van der Waals surface area contributed by atoms with E-state index in [1.54, 1.807) is 16.8 Å². The molecule has 21 heavy (non-hydrogen) atoms. The van der Waals surface area contributed by atoms with Crippen LogP contribution < -0.4 is 0 Å². The monoisotopic (exact) mass is 298 g/mol. The maximum absolute atomic E-state index is 12.6. The van der Waals surface area contributed by atoms with E-state index in [-0.39, 0.29) is 18.7 Å². The topological polar surface area (TPSA) is 70.1 Å². The Morgan fingerprint density at radius 2 is 2.10 bits per heavy atom. The second-order valence-electron chi connectivity index (χ2n) is 5.38. The molecule has 0 aliphatic carbocycles. The normalized spacial score (nSPS) is 21.0. The van der Waals surface area contributed by atoms with E-state index in [0.717, 1.165) is 19.3 Å². The van der Waals surface area contributed by atoms with Crippen LogP contribution in [0.4, 0.5) is 4.79 Å². The molecule has 0 aromatic heterocycles. The summed E-state index contributed by atoms with van der Waals surface area (Å²) in [7, 11) is 1.75. The van der Waals surface area contributed by atoms with Crippen molar-refractivity contribution in [2.75, 3.05) is 33.4 Å². The molecule has 0 bridgehead atoms. The fraction of sp³-hybridized carbons (Fsp3) is 0.733. The zero-order chi connectivity index (χ0) is 15.8. The molecular weight excluding hydrogens is 272 g/mol. The van der Waals surface area contributed by atoms with Crippen LogP contribution in [0.25, 0.3) is 0 Å². The van der Waals surface area contributed by atoms with Crippen molar-refractivity contribution in [3.63, 3.8) is 0 Å². The summed E-state index contributed by atoms with van der Waals surface area (Å²) in [5.41, 5.74) is 0. The Bertz CT molecular complexity index is 373. The van der Waals surface area contributed by atoms with Gasteiger partial charge in [0.05, 0.1) is 19.3 Å². The van der Waals surface area contributed by atoms with Crippen LogP contribution in [0, 0.1) is 5.92 Å². The predicted octanol–water partition coefficient (Wildman–Crippen LogP) is 1.82. The first-order valence-electron chi connectivity index (χ1n) is 7.46. The number of ether oxygens (including phenoxy) is 1. The standard InChI is InChI=1S/C15H26N2O4/c1-4-6-7-9-16(3)15(20)17(8-5-2)13-11-21-10-12(13)14(18)19/h4,12-13H,1,5-11H2,2-3H3,(H,18,19). The lowest BCUT2D eigenvalue weighted by atomic mass is 10.0. The summed E-state index contributed by atoms with van der Waals surface area (Å²) in [6.45, 7) is 7.29. The largest absolute Gasteiger partial charge is 0.481 e. The zero-order valence-electron chi connectivity index (χ0n) is 13.0. The van der Waals surface area contributed by atoms with Gasteiger partial charge in [-0.15, -0.1) is 6.58 Å². The number of allylic oxidation sites excluding steroid dienone is 1. The minimum absolute atomic E-state index is 0.123. The number of urea groups is 1. The van der Waals surface area contributed by atoms with Crippen molar-refractivity contribution in [3.8, 4) is 0 Å². The smallest absolute Gasteiger partial charge is 0.320 e. The van der Waals surface area contributed by atoms with Crippen molar-refractivity contribution in [1.82, 2.24) is 9.80 Å². The third kappa shape index (κ3) is 4.74. The number of rotatable bonds is 8. The Morgan fingerprint density at radius 1 is 1.38 bits per heavy atom. The maximum Gasteiger partial charge on any atom is 0.320 e. The Balaban J connectivity index is 2.72. The van der Waals surface area contributed by atoms with Crippen LogP contribution >= 0.6 is 0 Å². The van der Waals surface area contributed by atoms with Crippen LogP contribution in [-0.2, 0) is 9.53 Å². The van der Waals surface area contributed by atoms with E-state index in [1.807, 2.05) is 13.0 Å². The molecule has 1 rings (SSSR count). The van der Waals surface area contributed by atoms with Gasteiger partial charge in [-0.1, -0.05) is 13.0 Å². The molecule has 0 aromatic rings. The van der Waals surface area contributed by atoms with Crippen molar-refractivity contribution in [2.45, 2.75) is 32.2 Å². The highest BCUT2D eigenvalue weighted by atomic mass is 16.5. The second-order valence-corrected chi connectivity index (χ2v) is 5.38. The third-order valence-corrected chi connectivity index (χ3v) is 3.71. The number of carbonyl (C=O) groups excluding carboxylic acids is 1. The summed E-state index contributed by atoms with van der Waals surface area (Å²) >= 11 is 0. The highest BCUT2D eigenvalue weighted by molar-refractivity contribution is 5.77. The number of aliphatic carboxylic acids is 1. The number of carboxylic acid groups (broad SMARTS) is 1. The molecule has 0 radical (unpaired) electrons. The molecule has 2 amide bonds. The first-order valence-corrected chi connectivity index (χ1v) is 7.46. The predicted molar refractivity (Wildman–Crippen MR) is 80.2 cm³/mol. The molecule has 2 unspecified atom stereocenters. The second kappa shape index (κ2) is 8.67. The van der Waals surface area contributed by atoms with Gasteiger partial charge in [0.15, 0.2) is 0 Å². The summed E-state index contributed by atoms with van der Waals surface area (Å²) in [5, 5.41) is 9.25. The summed E-state index contributed by atoms with van der Waals surface area (Å²) in [4.78, 5) is 27.1. The van der Waals surface area contributed by atoms with Gasteiger partial charge in [-0.3, -0.25) is 4.79 Å². The average Bonchev–Trinajstić information content (AvgIpc) is 2.93. The molecule has 1 saturated heterocycles. The molecule has 120 valence electrons. The van der Waals surface area contributed by atoms with Crippen LogP contribution in [0.5, 0.6) is 0 Å². The van der Waals surface area contributed by atoms with Gasteiger partial charge in [0.1, 0.15) is 5.92 Å². The molecule has 1 aliphatic rings. The molecule has 1 fully saturated rings. The van der Waals surface area contributed by atoms with Crippen molar-refractivity contribution in [2.24, 2.45) is 5.92 Å². The minimum Gasteiger partial charge on any atom is -0.481 e. The van der Waals surface area contributed by atoms with E-state index >= 15 is 0 Å². The van der Waals surface area contributed by atoms with Crippen LogP contribution in [0.2, 0.25) is 0 Å². The quantitative estimate of drug-likeness (QED) is 0.548. The molecule has 0 spiro atoms. The van der Waals surface area contributed by atoms with E-state index in [9.17, 15) is 14.7 Å². The van der Waals surface area contributed by atoms with Crippen LogP contribution in [0.15, 0.2) is 12.7 Å². The number of carboxylic acids is 1. The fourth-order valence-corrected chi connectivity index (χ4v) is 2.52. The van der Waals surface area contributed by atoms with Gasteiger partial charge in [-0.2, -0.15) is 0 Å². The molecule has 6 nitrogen and oxygen atoms in total. The highest BCUT2D eigenvalue weighted by Gasteiger charge is 2.40. The molecule has 6 heteroatoms. The van der Waals surface area contributed by atoms with Crippen molar-refractivity contribution >= 4 is 12.0 Å². The molecule has 1 heterocycles. The number of hydrogen-bond donors (Lipinski definition) is 1. The molecular formula is C15H26N2O4. The molecule has 1 N–H and O–H groups in total. The number of nitrogens with zero attached hydrogens (tertiary/aromatic N) is 2. The van der Waals surface area contributed by atoms with Gasteiger partial charge >= 0.3 is 12.0 Å². The van der Waals surface area contributed by atoms with E-state index in [2.05, 4.69) is 6.58 Å². The Kier molecular flexibility index (Phi) is 7.22. The van der Waals surface area contributed by atoms with Crippen LogP contribution in [-0.4, -0.2) is 66.3 Å². The van der Waals surface area contributed by atoms with E-state index in [0.29, 0.717) is 19.7 Å². The van der Waals surface area contributed by atoms with Crippen molar-refractivity contribution < 1.29 is 19.4 Å². The lowest BCUT2D eigenvalue weighted by molar-refractivity contribution is -0.142. The van der Waals surface area contributed by atoms with Crippen molar-refractivity contribution in [3.05, 3.63) is 12.7 Å². The number of unbranched alkanes of at least 4 members (excludes halogenated alkanes) is 1. The van der Waals surface area contributed by atoms with Gasteiger partial charge in [-0.05, 0) is 19.3 Å². The van der Waals surface area contributed by atoms with Crippen molar-refractivity contribution in [1.29, 1.82) is 0 Å². The lowest BCUT2D eigenvalue weighted by Gasteiger charge is -2.33. The first kappa shape index (κ1) is 17.5. The first-order chi connectivity index (χ1) is 10.0. The lowest BCUT2D eigenvalue weighted by Crippen LogP contribution is -2.51. The van der Waals surface area contributed by atoms with Crippen LogP contribution in [0.1, 0.15) is 26.2 Å². The number of hydrogen-bond acceptors (Lipinski definition) is 3. The Labute approximate surface area is 126 Å². The summed E-state index contributed by atoms with van der Waals surface area (Å²) in [6, 6.07) is -0.500. The van der Waals surface area contributed by atoms with Gasteiger partial charge in [0.25, 0.3) is 0 Å². The number of amides is 2. The van der Waals surface area contributed by atoms with Gasteiger partial charge < -0.3 is 19.6 Å². The van der Waals surface area contributed by atoms with E-state index in [4.69, 9.17) is 4.74 Å². The molecule has 0 saturated carbocycles. The van der Waals surface area contributed by atoms with Gasteiger partial charge in [0, 0.05) is 20.1 Å². The minimum atomic E-state index is -0.902. The molecule has 0 aromatic carbocycles. The summed E-state index contributed by atoms with van der Waals surface area (Å²) in [6.07, 6.45) is 4.33. The van der Waals surface area contributed by atoms with Crippen LogP contribution in [0.3, 0.4) is 0 Å². The SMILES string of the molecule is C=CCCCN(C)C(=O)N(CCC)C1COCC1C(=O)O. The van der Waals surface area contributed by atoms with Gasteiger partial charge in [0.2, 0.25) is 0 Å². The summed E-state index contributed by atoms with van der Waals surface area (Å²) < 4.78 is 5.28. The van der Waals surface area contributed by atoms with E-state index in [1.165, 1.54) is 0 Å². The third-order valence-electron chi connectivity index (χ3n) is 3.71. The van der Waals surface area contributed by atoms with E-state index < -0.39 is 11.9 Å². The Hall–Kier alpha value is -1.56. The fourth-order valence-electron chi connectivity index (χ4n) is 2.52. The maximum atomic E-state index is 12.6. The Morgan fingerprint density at radius 3 is 2.67 bits per heavy atom. The zero-order valence-corrected chi connectivity index (χ0v) is 13.0. The average molecular weight is 298 g/mol. The number of carbonyl (C=O) groups is 2. The summed E-state index contributed by atoms with van der Waals surface area (Å²) in [5.74, 6) is -1.54. The molecule has 2 atom stereocenters. The highest BCUT2D eigenvalue weighted by Crippen LogP contribution is 2.21. The van der Waals surface area contributed by atoms with Gasteiger partial charge in [-0.25, -0.2) is 4.79 Å². The molecule has 1 aliphatic heterocycles.